The average molecular weight is 392 g/mol. The molecule has 2 fully saturated rings. The van der Waals surface area contributed by atoms with Crippen LogP contribution in [0.15, 0.2) is 48.5 Å². The van der Waals surface area contributed by atoms with E-state index >= 15 is 0 Å². The van der Waals surface area contributed by atoms with Gasteiger partial charge in [0, 0.05) is 36.1 Å². The van der Waals surface area contributed by atoms with Crippen molar-refractivity contribution in [2.75, 3.05) is 29.9 Å². The number of carbonyl (C=O) groups is 3. The summed E-state index contributed by atoms with van der Waals surface area (Å²) in [4.78, 5) is 40.7. The van der Waals surface area contributed by atoms with Crippen molar-refractivity contribution in [3.63, 3.8) is 0 Å². The van der Waals surface area contributed by atoms with E-state index in [1.807, 2.05) is 43.3 Å². The Balaban J connectivity index is 1.40. The predicted octanol–water partition coefficient (Wildman–Crippen LogP) is 2.77. The van der Waals surface area contributed by atoms with Crippen LogP contribution in [-0.4, -0.2) is 48.4 Å². The lowest BCUT2D eigenvalue weighted by Gasteiger charge is -2.34. The number of aryl methyl sites for hydroxylation is 1. The standard InChI is InChI=1S/C22H24N4O3/c1-15-7-8-16(21(28)23-17-9-10-17)13-19(15)24-22(29)25-11-12-26(20(27)14-25)18-5-3-2-4-6-18/h2-8,13,17H,9-12,14H2,1H3,(H,23,28)(H,24,29). The first-order valence-electron chi connectivity index (χ1n) is 9.84. The van der Waals surface area contributed by atoms with Crippen molar-refractivity contribution < 1.29 is 14.4 Å². The largest absolute Gasteiger partial charge is 0.349 e. The van der Waals surface area contributed by atoms with Crippen molar-refractivity contribution in [1.29, 1.82) is 0 Å². The molecule has 0 unspecified atom stereocenters. The Morgan fingerprint density at radius 3 is 2.48 bits per heavy atom. The van der Waals surface area contributed by atoms with Crippen LogP contribution in [-0.2, 0) is 4.79 Å². The molecular weight excluding hydrogens is 368 g/mol. The Kier molecular flexibility index (Phi) is 5.20. The lowest BCUT2D eigenvalue weighted by atomic mass is 10.1. The van der Waals surface area contributed by atoms with Gasteiger partial charge in [-0.3, -0.25) is 9.59 Å². The average Bonchev–Trinajstić information content (AvgIpc) is 3.54. The molecule has 0 bridgehead atoms. The van der Waals surface area contributed by atoms with Crippen LogP contribution < -0.4 is 15.5 Å². The third kappa shape index (κ3) is 4.39. The molecule has 0 atom stereocenters. The fourth-order valence-electron chi connectivity index (χ4n) is 3.32. The lowest BCUT2D eigenvalue weighted by molar-refractivity contribution is -0.120. The van der Waals surface area contributed by atoms with E-state index in [0.29, 0.717) is 24.3 Å². The fraction of sp³-hybridized carbons (Fsp3) is 0.318. The molecule has 1 aliphatic carbocycles. The van der Waals surface area contributed by atoms with Crippen LogP contribution in [0.25, 0.3) is 0 Å². The second-order valence-corrected chi connectivity index (χ2v) is 7.51. The highest BCUT2D eigenvalue weighted by atomic mass is 16.2. The van der Waals surface area contributed by atoms with Crippen LogP contribution in [0.2, 0.25) is 0 Å². The van der Waals surface area contributed by atoms with Crippen molar-refractivity contribution in [3.8, 4) is 0 Å². The van der Waals surface area contributed by atoms with E-state index in [9.17, 15) is 14.4 Å². The highest BCUT2D eigenvalue weighted by molar-refractivity contribution is 6.01. The molecule has 0 radical (unpaired) electrons. The van der Waals surface area contributed by atoms with Crippen molar-refractivity contribution in [3.05, 3.63) is 59.7 Å². The Morgan fingerprint density at radius 1 is 1.03 bits per heavy atom. The van der Waals surface area contributed by atoms with Gasteiger partial charge >= 0.3 is 6.03 Å². The van der Waals surface area contributed by atoms with Crippen LogP contribution >= 0.6 is 0 Å². The molecule has 7 nitrogen and oxygen atoms in total. The van der Waals surface area contributed by atoms with Gasteiger partial charge in [-0.1, -0.05) is 24.3 Å². The maximum atomic E-state index is 12.7. The minimum atomic E-state index is -0.339. The Morgan fingerprint density at radius 2 is 1.79 bits per heavy atom. The van der Waals surface area contributed by atoms with Gasteiger partial charge in [0.25, 0.3) is 5.91 Å². The number of amides is 4. The van der Waals surface area contributed by atoms with E-state index in [4.69, 9.17) is 0 Å². The van der Waals surface area contributed by atoms with Crippen molar-refractivity contribution in [2.24, 2.45) is 0 Å². The summed E-state index contributed by atoms with van der Waals surface area (Å²) in [5.41, 5.74) is 2.79. The number of piperazine rings is 1. The quantitative estimate of drug-likeness (QED) is 0.839. The zero-order chi connectivity index (χ0) is 20.4. The molecule has 1 saturated carbocycles. The zero-order valence-corrected chi connectivity index (χ0v) is 16.4. The number of carbonyl (C=O) groups excluding carboxylic acids is 3. The summed E-state index contributed by atoms with van der Waals surface area (Å²) in [5.74, 6) is -0.249. The van der Waals surface area contributed by atoms with Gasteiger partial charge in [-0.15, -0.1) is 0 Å². The molecule has 150 valence electrons. The number of hydrogen-bond acceptors (Lipinski definition) is 3. The first kappa shape index (κ1) is 19.0. The van der Waals surface area contributed by atoms with E-state index in [-0.39, 0.29) is 30.4 Å². The van der Waals surface area contributed by atoms with E-state index in [0.717, 1.165) is 24.1 Å². The number of nitrogens with zero attached hydrogens (tertiary/aromatic N) is 2. The van der Waals surface area contributed by atoms with Gasteiger partial charge in [0.2, 0.25) is 5.91 Å². The summed E-state index contributed by atoms with van der Waals surface area (Å²) in [5, 5.41) is 5.80. The second kappa shape index (κ2) is 7.95. The molecule has 4 amide bonds. The number of urea groups is 1. The molecule has 29 heavy (non-hydrogen) atoms. The molecular formula is C22H24N4O3. The number of nitrogens with one attached hydrogen (secondary N) is 2. The van der Waals surface area contributed by atoms with Crippen molar-refractivity contribution in [2.45, 2.75) is 25.8 Å². The maximum absolute atomic E-state index is 12.7. The third-order valence-corrected chi connectivity index (χ3v) is 5.23. The van der Waals surface area contributed by atoms with Crippen LogP contribution in [0.1, 0.15) is 28.8 Å². The van der Waals surface area contributed by atoms with Crippen LogP contribution in [0, 0.1) is 6.92 Å². The van der Waals surface area contributed by atoms with Crippen molar-refractivity contribution >= 4 is 29.2 Å². The summed E-state index contributed by atoms with van der Waals surface area (Å²) < 4.78 is 0. The molecule has 0 spiro atoms. The van der Waals surface area contributed by atoms with Gasteiger partial charge in [0.05, 0.1) is 0 Å². The SMILES string of the molecule is Cc1ccc(C(=O)NC2CC2)cc1NC(=O)N1CCN(c2ccccc2)C(=O)C1. The zero-order valence-electron chi connectivity index (χ0n) is 16.4. The Labute approximate surface area is 169 Å². The molecule has 1 heterocycles. The smallest absolute Gasteiger partial charge is 0.322 e. The number of rotatable bonds is 4. The van der Waals surface area contributed by atoms with E-state index in [2.05, 4.69) is 10.6 Å². The second-order valence-electron chi connectivity index (χ2n) is 7.51. The molecule has 1 aliphatic heterocycles. The van der Waals surface area contributed by atoms with Gasteiger partial charge in [-0.2, -0.15) is 0 Å². The van der Waals surface area contributed by atoms with E-state index in [1.165, 1.54) is 4.90 Å². The van der Waals surface area contributed by atoms with Crippen LogP contribution in [0.5, 0.6) is 0 Å². The van der Waals surface area contributed by atoms with Gasteiger partial charge in [-0.05, 0) is 49.6 Å². The predicted molar refractivity (Wildman–Crippen MR) is 111 cm³/mol. The number of hydrogen-bond donors (Lipinski definition) is 2. The highest BCUT2D eigenvalue weighted by Crippen LogP contribution is 2.22. The van der Waals surface area contributed by atoms with Gasteiger partial charge in [-0.25, -0.2) is 4.79 Å². The molecule has 0 aromatic heterocycles. The van der Waals surface area contributed by atoms with Crippen LogP contribution in [0.3, 0.4) is 0 Å². The monoisotopic (exact) mass is 392 g/mol. The summed E-state index contributed by atoms with van der Waals surface area (Å²) in [6.07, 6.45) is 2.04. The van der Waals surface area contributed by atoms with Gasteiger partial charge in [0.1, 0.15) is 6.54 Å². The van der Waals surface area contributed by atoms with Gasteiger partial charge < -0.3 is 20.4 Å². The number of anilines is 2. The molecule has 2 aromatic rings. The van der Waals surface area contributed by atoms with Gasteiger partial charge in [0.15, 0.2) is 0 Å². The first-order valence-corrected chi connectivity index (χ1v) is 9.84. The number of benzene rings is 2. The van der Waals surface area contributed by atoms with Crippen molar-refractivity contribution in [1.82, 2.24) is 10.2 Å². The summed E-state index contributed by atoms with van der Waals surface area (Å²) >= 11 is 0. The Bertz CT molecular complexity index is 940. The minimum Gasteiger partial charge on any atom is -0.349 e. The molecule has 2 N–H and O–H groups in total. The summed E-state index contributed by atoms with van der Waals surface area (Å²) in [6, 6.07) is 14.6. The fourth-order valence-corrected chi connectivity index (χ4v) is 3.32. The molecule has 2 aromatic carbocycles. The maximum Gasteiger partial charge on any atom is 0.322 e. The highest BCUT2D eigenvalue weighted by Gasteiger charge is 2.28. The molecule has 7 heteroatoms. The minimum absolute atomic E-state index is 0.0155. The van der Waals surface area contributed by atoms with E-state index in [1.54, 1.807) is 17.0 Å². The lowest BCUT2D eigenvalue weighted by Crippen LogP contribution is -2.53. The first-order chi connectivity index (χ1) is 14.0. The topological polar surface area (TPSA) is 81.8 Å². The molecule has 4 rings (SSSR count). The summed E-state index contributed by atoms with van der Waals surface area (Å²) in [7, 11) is 0. The van der Waals surface area contributed by atoms with E-state index < -0.39 is 0 Å². The van der Waals surface area contributed by atoms with Crippen LogP contribution in [0.4, 0.5) is 16.2 Å². The normalized spacial score (nSPS) is 16.5. The summed E-state index contributed by atoms with van der Waals surface area (Å²) in [6.45, 7) is 2.77. The molecule has 2 aliphatic rings. The molecule has 1 saturated heterocycles. The Hall–Kier alpha value is -3.35. The number of para-hydroxylation sites is 1. The third-order valence-electron chi connectivity index (χ3n) is 5.23.